The van der Waals surface area contributed by atoms with Crippen molar-refractivity contribution >= 4 is 16.9 Å². The predicted octanol–water partition coefficient (Wildman–Crippen LogP) is -0.507. The molecule has 0 bridgehead atoms. The minimum absolute atomic E-state index is 0.0405. The van der Waals surface area contributed by atoms with E-state index in [1.54, 1.807) is 11.0 Å². The number of morpholine rings is 1. The molecule has 8 nitrogen and oxygen atoms in total. The molecule has 23 heavy (non-hydrogen) atoms. The summed E-state index contributed by atoms with van der Waals surface area (Å²) in [5, 5.41) is 0.307. The Kier molecular flexibility index (Phi) is 3.77. The van der Waals surface area contributed by atoms with Crippen molar-refractivity contribution in [3.8, 4) is 0 Å². The topological polar surface area (TPSA) is 86.4 Å². The molecule has 0 saturated carbocycles. The molecular weight excluding hydrogens is 300 g/mol. The second kappa shape index (κ2) is 5.62. The van der Waals surface area contributed by atoms with Gasteiger partial charge in [0.15, 0.2) is 0 Å². The summed E-state index contributed by atoms with van der Waals surface area (Å²) >= 11 is 0. The van der Waals surface area contributed by atoms with Crippen molar-refractivity contribution in [1.82, 2.24) is 19.0 Å². The average Bonchev–Trinajstić information content (AvgIpc) is 2.57. The molecule has 8 heteroatoms. The number of fused-ring (bicyclic) bond motifs is 1. The first kappa shape index (κ1) is 15.4. The van der Waals surface area contributed by atoms with Gasteiger partial charge in [-0.15, -0.1) is 0 Å². The largest absolute Gasteiger partial charge is 0.377 e. The van der Waals surface area contributed by atoms with Crippen molar-refractivity contribution in [2.75, 3.05) is 19.8 Å². The number of hydrogen-bond acceptors (Lipinski definition) is 5. The molecule has 1 aliphatic heterocycles. The minimum atomic E-state index is -0.473. The number of carbonyl (C=O) groups excluding carboxylic acids is 1. The van der Waals surface area contributed by atoms with E-state index in [9.17, 15) is 14.4 Å². The normalized spacial score (nSPS) is 18.4. The van der Waals surface area contributed by atoms with Crippen molar-refractivity contribution < 1.29 is 9.53 Å². The fourth-order valence-corrected chi connectivity index (χ4v) is 2.75. The van der Waals surface area contributed by atoms with Crippen LogP contribution in [0, 0.1) is 0 Å². The molecule has 1 aliphatic rings. The van der Waals surface area contributed by atoms with Crippen molar-refractivity contribution in [2.24, 2.45) is 14.1 Å². The van der Waals surface area contributed by atoms with Gasteiger partial charge in [-0.25, -0.2) is 9.78 Å². The molecule has 2 aromatic rings. The van der Waals surface area contributed by atoms with Crippen LogP contribution in [0.2, 0.25) is 0 Å². The number of pyridine rings is 1. The molecule has 0 aliphatic carbocycles. The van der Waals surface area contributed by atoms with Crippen molar-refractivity contribution in [1.29, 1.82) is 0 Å². The Hall–Kier alpha value is -2.48. The maximum Gasteiger partial charge on any atom is 0.332 e. The van der Waals surface area contributed by atoms with E-state index in [4.69, 9.17) is 4.74 Å². The van der Waals surface area contributed by atoms with Gasteiger partial charge in [-0.05, 0) is 19.1 Å². The first-order valence-electron chi connectivity index (χ1n) is 7.37. The summed E-state index contributed by atoms with van der Waals surface area (Å²) in [4.78, 5) is 42.7. The third kappa shape index (κ3) is 2.44. The van der Waals surface area contributed by atoms with E-state index in [1.165, 1.54) is 24.7 Å². The maximum absolute atomic E-state index is 12.6. The third-order valence-electron chi connectivity index (χ3n) is 4.15. The fourth-order valence-electron chi connectivity index (χ4n) is 2.75. The Morgan fingerprint density at radius 2 is 2.00 bits per heavy atom. The molecule has 1 amide bonds. The molecule has 2 aromatic heterocycles. The zero-order valence-corrected chi connectivity index (χ0v) is 13.3. The standard InChI is InChI=1S/C15H18N4O4/c1-9-8-23-7-6-19(9)14(21)11-5-4-10-12(16-11)17(2)15(22)18(3)13(10)20/h4-5,9H,6-8H2,1-3H3/t9-/m0/s1. The molecule has 3 rings (SSSR count). The van der Waals surface area contributed by atoms with E-state index < -0.39 is 11.2 Å². The lowest BCUT2D eigenvalue weighted by Gasteiger charge is -2.33. The van der Waals surface area contributed by atoms with Crippen LogP contribution in [0.3, 0.4) is 0 Å². The molecule has 1 atom stereocenters. The van der Waals surface area contributed by atoms with E-state index in [1.807, 2.05) is 6.92 Å². The van der Waals surface area contributed by atoms with Gasteiger partial charge in [0, 0.05) is 20.6 Å². The Morgan fingerprint density at radius 1 is 1.26 bits per heavy atom. The zero-order valence-electron chi connectivity index (χ0n) is 13.3. The highest BCUT2D eigenvalue weighted by atomic mass is 16.5. The molecule has 0 unspecified atom stereocenters. The molecule has 122 valence electrons. The summed E-state index contributed by atoms with van der Waals surface area (Å²) in [5.74, 6) is -0.226. The van der Waals surface area contributed by atoms with Crippen LogP contribution in [-0.2, 0) is 18.8 Å². The second-order valence-electron chi connectivity index (χ2n) is 5.70. The fraction of sp³-hybridized carbons (Fsp3) is 0.467. The van der Waals surface area contributed by atoms with E-state index in [0.717, 1.165) is 4.57 Å². The summed E-state index contributed by atoms with van der Waals surface area (Å²) in [6.45, 7) is 3.37. The third-order valence-corrected chi connectivity index (χ3v) is 4.15. The highest BCUT2D eigenvalue weighted by molar-refractivity contribution is 5.94. The number of aromatic nitrogens is 3. The van der Waals surface area contributed by atoms with E-state index in [-0.39, 0.29) is 23.3 Å². The summed E-state index contributed by atoms with van der Waals surface area (Å²) in [6, 6.07) is 3.03. The lowest BCUT2D eigenvalue weighted by atomic mass is 10.2. The monoisotopic (exact) mass is 318 g/mol. The van der Waals surface area contributed by atoms with Crippen LogP contribution < -0.4 is 11.2 Å². The number of amides is 1. The molecular formula is C15H18N4O4. The molecule has 3 heterocycles. The molecule has 1 fully saturated rings. The number of ether oxygens (including phenoxy) is 1. The Morgan fingerprint density at radius 3 is 2.70 bits per heavy atom. The van der Waals surface area contributed by atoms with Crippen LogP contribution in [0.15, 0.2) is 21.7 Å². The average molecular weight is 318 g/mol. The number of nitrogens with zero attached hydrogens (tertiary/aromatic N) is 4. The van der Waals surface area contributed by atoms with Crippen molar-refractivity contribution in [3.63, 3.8) is 0 Å². The van der Waals surface area contributed by atoms with Crippen LogP contribution >= 0.6 is 0 Å². The summed E-state index contributed by atoms with van der Waals surface area (Å²) in [7, 11) is 2.95. The molecule has 0 spiro atoms. The summed E-state index contributed by atoms with van der Waals surface area (Å²) in [5.41, 5.74) is -0.465. The first-order chi connectivity index (χ1) is 10.9. The van der Waals surface area contributed by atoms with E-state index in [0.29, 0.717) is 25.1 Å². The van der Waals surface area contributed by atoms with Gasteiger partial charge in [-0.1, -0.05) is 0 Å². The van der Waals surface area contributed by atoms with Crippen LogP contribution in [0.1, 0.15) is 17.4 Å². The molecule has 0 aromatic carbocycles. The molecule has 0 N–H and O–H groups in total. The van der Waals surface area contributed by atoms with Crippen molar-refractivity contribution in [2.45, 2.75) is 13.0 Å². The van der Waals surface area contributed by atoms with Gasteiger partial charge in [0.25, 0.3) is 11.5 Å². The zero-order chi connectivity index (χ0) is 16.7. The Labute approximate surface area is 131 Å². The van der Waals surface area contributed by atoms with Gasteiger partial charge in [0.2, 0.25) is 0 Å². The van der Waals surface area contributed by atoms with Gasteiger partial charge >= 0.3 is 5.69 Å². The van der Waals surface area contributed by atoms with Gasteiger partial charge in [-0.3, -0.25) is 18.7 Å². The maximum atomic E-state index is 12.6. The number of rotatable bonds is 1. The molecule has 0 radical (unpaired) electrons. The smallest absolute Gasteiger partial charge is 0.332 e. The minimum Gasteiger partial charge on any atom is -0.377 e. The summed E-state index contributed by atoms with van der Waals surface area (Å²) < 4.78 is 7.63. The quantitative estimate of drug-likeness (QED) is 0.707. The van der Waals surface area contributed by atoms with Gasteiger partial charge < -0.3 is 9.64 Å². The Bertz CT molecular complexity index is 899. The van der Waals surface area contributed by atoms with Crippen LogP contribution in [0.25, 0.3) is 11.0 Å². The van der Waals surface area contributed by atoms with E-state index in [2.05, 4.69) is 4.98 Å². The van der Waals surface area contributed by atoms with Crippen molar-refractivity contribution in [3.05, 3.63) is 38.7 Å². The molecule has 1 saturated heterocycles. The second-order valence-corrected chi connectivity index (χ2v) is 5.70. The Balaban J connectivity index is 2.12. The lowest BCUT2D eigenvalue weighted by molar-refractivity contribution is 0.00329. The lowest BCUT2D eigenvalue weighted by Crippen LogP contribution is -2.47. The predicted molar refractivity (Wildman–Crippen MR) is 83.5 cm³/mol. The van der Waals surface area contributed by atoms with E-state index >= 15 is 0 Å². The highest BCUT2D eigenvalue weighted by Gasteiger charge is 2.26. The van der Waals surface area contributed by atoms with Gasteiger partial charge in [0.05, 0.1) is 24.6 Å². The van der Waals surface area contributed by atoms with Crippen LogP contribution in [-0.4, -0.2) is 50.7 Å². The SMILES string of the molecule is C[C@H]1COCCN1C(=O)c1ccc2c(=O)n(C)c(=O)n(C)c2n1. The number of hydrogen-bond donors (Lipinski definition) is 0. The number of carbonyl (C=O) groups is 1. The number of aryl methyl sites for hydroxylation is 1. The first-order valence-corrected chi connectivity index (χ1v) is 7.37. The van der Waals surface area contributed by atoms with Crippen LogP contribution in [0.5, 0.6) is 0 Å². The summed E-state index contributed by atoms with van der Waals surface area (Å²) in [6.07, 6.45) is 0. The van der Waals surface area contributed by atoms with Gasteiger partial charge in [0.1, 0.15) is 11.3 Å². The van der Waals surface area contributed by atoms with Crippen LogP contribution in [0.4, 0.5) is 0 Å². The van der Waals surface area contributed by atoms with Gasteiger partial charge in [-0.2, -0.15) is 0 Å². The highest BCUT2D eigenvalue weighted by Crippen LogP contribution is 2.13.